The lowest BCUT2D eigenvalue weighted by molar-refractivity contribution is 0.578. The van der Waals surface area contributed by atoms with E-state index < -0.39 is 10.0 Å². The van der Waals surface area contributed by atoms with Crippen LogP contribution in [0.25, 0.3) is 0 Å². The van der Waals surface area contributed by atoms with Crippen LogP contribution in [0.15, 0.2) is 30.6 Å². The first-order valence-electron chi connectivity index (χ1n) is 6.69. The molecule has 0 radical (unpaired) electrons. The Morgan fingerprint density at radius 1 is 1.24 bits per heavy atom. The molecule has 0 saturated carbocycles. The van der Waals surface area contributed by atoms with Crippen LogP contribution in [0.5, 0.6) is 0 Å². The zero-order chi connectivity index (χ0) is 15.1. The van der Waals surface area contributed by atoms with E-state index in [4.69, 9.17) is 0 Å². The third-order valence-corrected chi connectivity index (χ3v) is 4.15. The lowest BCUT2D eigenvalue weighted by Crippen LogP contribution is -2.25. The van der Waals surface area contributed by atoms with E-state index in [1.165, 1.54) is 6.33 Å². The molecule has 0 amide bonds. The number of nitrogens with one attached hydrogen (secondary N) is 3. The van der Waals surface area contributed by atoms with Gasteiger partial charge in [0.1, 0.15) is 12.2 Å². The molecule has 1 aromatic heterocycles. The highest BCUT2D eigenvalue weighted by Crippen LogP contribution is 2.09. The van der Waals surface area contributed by atoms with Crippen molar-refractivity contribution in [3.05, 3.63) is 47.5 Å². The smallest absolute Gasteiger partial charge is 0.216 e. The number of hydrogen-bond acceptors (Lipinski definition) is 5. The van der Waals surface area contributed by atoms with Gasteiger partial charge in [-0.3, -0.25) is 5.10 Å². The van der Waals surface area contributed by atoms with E-state index in [2.05, 4.69) is 25.2 Å². The molecule has 2 aromatic rings. The van der Waals surface area contributed by atoms with E-state index >= 15 is 0 Å². The Morgan fingerprint density at radius 3 is 2.76 bits per heavy atom. The molecule has 7 nitrogen and oxygen atoms in total. The maximum absolute atomic E-state index is 12.0. The third kappa shape index (κ3) is 5.25. The van der Waals surface area contributed by atoms with Gasteiger partial charge in [0.2, 0.25) is 10.0 Å². The van der Waals surface area contributed by atoms with Crippen molar-refractivity contribution in [1.82, 2.24) is 25.2 Å². The number of H-pyrrole nitrogens is 1. The van der Waals surface area contributed by atoms with Crippen LogP contribution in [0.2, 0.25) is 0 Å². The van der Waals surface area contributed by atoms with Crippen molar-refractivity contribution in [2.45, 2.75) is 25.8 Å². The lowest BCUT2D eigenvalue weighted by atomic mass is 10.1. The molecular weight excluding hydrogens is 290 g/mol. The topological polar surface area (TPSA) is 99.8 Å². The maximum Gasteiger partial charge on any atom is 0.216 e. The van der Waals surface area contributed by atoms with E-state index in [0.29, 0.717) is 5.82 Å². The Hall–Kier alpha value is -1.77. The predicted molar refractivity (Wildman–Crippen MR) is 79.7 cm³/mol. The fraction of sp³-hybridized carbons (Fsp3) is 0.385. The molecular formula is C13H19N5O2S. The van der Waals surface area contributed by atoms with Gasteiger partial charge < -0.3 is 5.32 Å². The Labute approximate surface area is 124 Å². The summed E-state index contributed by atoms with van der Waals surface area (Å²) >= 11 is 0. The van der Waals surface area contributed by atoms with Crippen molar-refractivity contribution >= 4 is 10.0 Å². The maximum atomic E-state index is 12.0. The molecule has 0 fully saturated rings. The van der Waals surface area contributed by atoms with Gasteiger partial charge in [0.15, 0.2) is 0 Å². The van der Waals surface area contributed by atoms with Gasteiger partial charge in [-0.1, -0.05) is 31.2 Å². The number of benzene rings is 1. The third-order valence-electron chi connectivity index (χ3n) is 2.85. The molecule has 0 spiro atoms. The average Bonchev–Trinajstić information content (AvgIpc) is 2.96. The van der Waals surface area contributed by atoms with Crippen molar-refractivity contribution < 1.29 is 8.42 Å². The predicted octanol–water partition coefficient (Wildman–Crippen LogP) is 0.534. The lowest BCUT2D eigenvalue weighted by Gasteiger charge is -2.07. The summed E-state index contributed by atoms with van der Waals surface area (Å²) in [6, 6.07) is 7.55. The Morgan fingerprint density at radius 2 is 2.05 bits per heavy atom. The molecule has 0 unspecified atom stereocenters. The molecule has 2 rings (SSSR count). The second kappa shape index (κ2) is 7.30. The van der Waals surface area contributed by atoms with Crippen molar-refractivity contribution in [3.63, 3.8) is 0 Å². The molecule has 0 aliphatic heterocycles. The zero-order valence-corrected chi connectivity index (χ0v) is 12.7. The summed E-state index contributed by atoms with van der Waals surface area (Å²) < 4.78 is 26.6. The quantitative estimate of drug-likeness (QED) is 0.660. The summed E-state index contributed by atoms with van der Waals surface area (Å²) in [6.45, 7) is 3.75. The summed E-state index contributed by atoms with van der Waals surface area (Å²) in [5.74, 6) is 0.431. The Bertz CT molecular complexity index is 655. The summed E-state index contributed by atoms with van der Waals surface area (Å²) in [5.41, 5.74) is 1.83. The van der Waals surface area contributed by atoms with Crippen LogP contribution in [-0.4, -0.2) is 30.1 Å². The monoisotopic (exact) mass is 309 g/mol. The van der Waals surface area contributed by atoms with E-state index in [1.54, 1.807) is 0 Å². The van der Waals surface area contributed by atoms with Gasteiger partial charge in [0.05, 0.1) is 12.3 Å². The molecule has 21 heavy (non-hydrogen) atoms. The van der Waals surface area contributed by atoms with Gasteiger partial charge >= 0.3 is 0 Å². The molecule has 0 saturated heterocycles. The average molecular weight is 309 g/mol. The van der Waals surface area contributed by atoms with Crippen LogP contribution in [0.3, 0.4) is 0 Å². The molecule has 8 heteroatoms. The minimum absolute atomic E-state index is 0.0545. The fourth-order valence-corrected chi connectivity index (χ4v) is 2.94. The number of aromatic nitrogens is 3. The molecule has 0 aliphatic rings. The fourth-order valence-electron chi connectivity index (χ4n) is 1.86. The van der Waals surface area contributed by atoms with Crippen molar-refractivity contribution in [2.75, 3.05) is 6.54 Å². The van der Waals surface area contributed by atoms with Crippen LogP contribution in [-0.2, 0) is 28.9 Å². The SMILES string of the molecule is CCNCc1cccc(CS(=O)(=O)NCc2ncn[nH]2)c1. The van der Waals surface area contributed by atoms with Crippen molar-refractivity contribution in [2.24, 2.45) is 0 Å². The highest BCUT2D eigenvalue weighted by molar-refractivity contribution is 7.88. The first-order chi connectivity index (χ1) is 10.1. The molecule has 0 atom stereocenters. The van der Waals surface area contributed by atoms with Crippen molar-refractivity contribution in [3.8, 4) is 0 Å². The van der Waals surface area contributed by atoms with E-state index in [1.807, 2.05) is 31.2 Å². The highest BCUT2D eigenvalue weighted by atomic mass is 32.2. The minimum Gasteiger partial charge on any atom is -0.313 e. The first kappa shape index (κ1) is 15.6. The van der Waals surface area contributed by atoms with Crippen LogP contribution in [0.1, 0.15) is 23.9 Å². The molecule has 114 valence electrons. The van der Waals surface area contributed by atoms with Crippen LogP contribution >= 0.6 is 0 Å². The van der Waals surface area contributed by atoms with Gasteiger partial charge in [-0.05, 0) is 17.7 Å². The normalized spacial score (nSPS) is 11.7. The molecule has 0 aliphatic carbocycles. The molecule has 1 heterocycles. The number of nitrogens with zero attached hydrogens (tertiary/aromatic N) is 2. The first-order valence-corrected chi connectivity index (χ1v) is 8.34. The molecule has 1 aromatic carbocycles. The highest BCUT2D eigenvalue weighted by Gasteiger charge is 2.12. The van der Waals surface area contributed by atoms with Gasteiger partial charge in [-0.15, -0.1) is 0 Å². The number of sulfonamides is 1. The van der Waals surface area contributed by atoms with Crippen LogP contribution in [0, 0.1) is 0 Å². The zero-order valence-electron chi connectivity index (χ0n) is 11.8. The van der Waals surface area contributed by atoms with E-state index in [-0.39, 0.29) is 12.3 Å². The summed E-state index contributed by atoms with van der Waals surface area (Å²) in [4.78, 5) is 3.87. The van der Waals surface area contributed by atoms with Gasteiger partial charge in [0.25, 0.3) is 0 Å². The van der Waals surface area contributed by atoms with Crippen LogP contribution in [0.4, 0.5) is 0 Å². The second-order valence-corrected chi connectivity index (χ2v) is 6.42. The van der Waals surface area contributed by atoms with Crippen molar-refractivity contribution in [1.29, 1.82) is 0 Å². The summed E-state index contributed by atoms with van der Waals surface area (Å²) in [7, 11) is -3.41. The van der Waals surface area contributed by atoms with Crippen LogP contribution < -0.4 is 10.0 Å². The van der Waals surface area contributed by atoms with E-state index in [9.17, 15) is 8.42 Å². The number of aromatic amines is 1. The Balaban J connectivity index is 1.95. The minimum atomic E-state index is -3.41. The van der Waals surface area contributed by atoms with Gasteiger partial charge in [-0.2, -0.15) is 5.10 Å². The standard InChI is InChI=1S/C13H19N5O2S/c1-2-14-7-11-4-3-5-12(6-11)9-21(19,20)17-8-13-15-10-16-18-13/h3-6,10,14,17H,2,7-9H2,1H3,(H,15,16,18). The number of rotatable bonds is 8. The molecule has 0 bridgehead atoms. The molecule has 3 N–H and O–H groups in total. The van der Waals surface area contributed by atoms with Gasteiger partial charge in [-0.25, -0.2) is 18.1 Å². The summed E-state index contributed by atoms with van der Waals surface area (Å²) in [5, 5.41) is 9.49. The largest absolute Gasteiger partial charge is 0.313 e. The van der Waals surface area contributed by atoms with Gasteiger partial charge in [0, 0.05) is 6.54 Å². The Kier molecular flexibility index (Phi) is 5.43. The second-order valence-electron chi connectivity index (χ2n) is 4.61. The summed E-state index contributed by atoms with van der Waals surface area (Å²) in [6.07, 6.45) is 1.34. The number of hydrogen-bond donors (Lipinski definition) is 3. The van der Waals surface area contributed by atoms with E-state index in [0.717, 1.165) is 24.2 Å².